The van der Waals surface area contributed by atoms with Gasteiger partial charge in [-0.25, -0.2) is 4.79 Å². The molecule has 0 bridgehead atoms. The number of rotatable bonds is 0. The van der Waals surface area contributed by atoms with E-state index in [-0.39, 0.29) is 0 Å². The molecule has 0 aliphatic rings. The maximum absolute atomic E-state index is 10.6. The van der Waals surface area contributed by atoms with Crippen molar-refractivity contribution in [1.29, 1.82) is 0 Å². The van der Waals surface area contributed by atoms with Gasteiger partial charge in [0.25, 0.3) is 0 Å². The van der Waals surface area contributed by atoms with Gasteiger partial charge in [-0.2, -0.15) is 13.2 Å². The van der Waals surface area contributed by atoms with E-state index in [9.17, 15) is 17.5 Å². The van der Waals surface area contributed by atoms with Crippen molar-refractivity contribution in [3.05, 3.63) is 0 Å². The maximum atomic E-state index is 10.6. The zero-order valence-electron chi connectivity index (χ0n) is 4.84. The molecule has 0 aromatic carbocycles. The van der Waals surface area contributed by atoms with Crippen molar-refractivity contribution >= 4 is 13.4 Å². The number of carboxylic acid groups (broad SMARTS) is 1. The second-order valence-electron chi connectivity index (χ2n) is 1.11. The lowest BCUT2D eigenvalue weighted by Gasteiger charge is -1.93. The standard InChI is InChI=1S/C2HF3O2.BFH2O2/c3-2(4,5)1(6)7;2-1(3)4/h(H,6,7);3-4H. The van der Waals surface area contributed by atoms with Crippen molar-refractivity contribution < 1.29 is 37.4 Å². The number of carboxylic acids is 1. The molecule has 11 heavy (non-hydrogen) atoms. The van der Waals surface area contributed by atoms with E-state index in [4.69, 9.17) is 19.9 Å². The first-order valence-electron chi connectivity index (χ1n) is 1.98. The van der Waals surface area contributed by atoms with Crippen LogP contribution in [0.15, 0.2) is 0 Å². The quantitative estimate of drug-likeness (QED) is 0.347. The first-order chi connectivity index (χ1) is 4.68. The number of hydrogen-bond acceptors (Lipinski definition) is 3. The summed E-state index contributed by atoms with van der Waals surface area (Å²) in [4.78, 5) is 8.90. The first kappa shape index (κ1) is 12.8. The van der Waals surface area contributed by atoms with Gasteiger partial charge in [-0.15, -0.1) is 0 Å². The highest BCUT2D eigenvalue weighted by atomic mass is 19.4. The molecule has 0 unspecified atom stereocenters. The highest BCUT2D eigenvalue weighted by Gasteiger charge is 2.38. The van der Waals surface area contributed by atoms with E-state index >= 15 is 0 Å². The van der Waals surface area contributed by atoms with E-state index in [0.29, 0.717) is 0 Å². The summed E-state index contributed by atoms with van der Waals surface area (Å²) < 4.78 is 41.8. The second kappa shape index (κ2) is 4.91. The molecule has 0 rings (SSSR count). The molecule has 0 heterocycles. The Hall–Kier alpha value is -0.825. The van der Waals surface area contributed by atoms with Crippen molar-refractivity contribution in [3.63, 3.8) is 0 Å². The van der Waals surface area contributed by atoms with E-state index in [1.807, 2.05) is 0 Å². The fourth-order valence-corrected chi connectivity index (χ4v) is 0. The molecule has 0 saturated carbocycles. The number of alkyl halides is 3. The van der Waals surface area contributed by atoms with Crippen molar-refractivity contribution in [2.45, 2.75) is 6.18 Å². The maximum Gasteiger partial charge on any atom is 0.674 e. The molecule has 0 fully saturated rings. The molecular weight excluding hydrogens is 175 g/mol. The van der Waals surface area contributed by atoms with E-state index in [1.165, 1.54) is 0 Å². The van der Waals surface area contributed by atoms with Crippen LogP contribution in [0.1, 0.15) is 0 Å². The molecule has 0 aromatic heterocycles. The lowest BCUT2D eigenvalue weighted by atomic mass is 10.3. The Labute approximate surface area is 58.3 Å². The van der Waals surface area contributed by atoms with Crippen LogP contribution < -0.4 is 0 Å². The largest absolute Gasteiger partial charge is 0.674 e. The third-order valence-electron chi connectivity index (χ3n) is 0.243. The average molecular weight is 178 g/mol. The Morgan fingerprint density at radius 2 is 1.36 bits per heavy atom. The topological polar surface area (TPSA) is 77.8 Å². The fourth-order valence-electron chi connectivity index (χ4n) is 0. The van der Waals surface area contributed by atoms with Crippen molar-refractivity contribution in [1.82, 2.24) is 0 Å². The number of halogens is 4. The Kier molecular flexibility index (Phi) is 5.72. The highest BCUT2D eigenvalue weighted by molar-refractivity contribution is 6.31. The lowest BCUT2D eigenvalue weighted by molar-refractivity contribution is -0.192. The Balaban J connectivity index is 0. The molecule has 0 atom stereocenters. The van der Waals surface area contributed by atoms with E-state index < -0.39 is 19.5 Å². The summed E-state index contributed by atoms with van der Waals surface area (Å²) in [5.41, 5.74) is 0. The third kappa shape index (κ3) is 17.6. The minimum Gasteiger partial charge on any atom is -0.475 e. The van der Waals surface area contributed by atoms with Crippen LogP contribution in [0.2, 0.25) is 0 Å². The summed E-state index contributed by atoms with van der Waals surface area (Å²) in [7, 11) is -2.67. The molecule has 66 valence electrons. The molecule has 0 radical (unpaired) electrons. The molecule has 0 aliphatic heterocycles. The van der Waals surface area contributed by atoms with Gasteiger partial charge in [0.2, 0.25) is 0 Å². The fraction of sp³-hybridized carbons (Fsp3) is 0.500. The van der Waals surface area contributed by atoms with Crippen LogP contribution in [0.25, 0.3) is 0 Å². The zero-order chi connectivity index (χ0) is 9.65. The lowest BCUT2D eigenvalue weighted by Crippen LogP contribution is -2.21. The number of hydrogen-bond donors (Lipinski definition) is 3. The summed E-state index contributed by atoms with van der Waals surface area (Å²) in [6.45, 7) is 0. The predicted molar refractivity (Wildman–Crippen MR) is 25.0 cm³/mol. The monoisotopic (exact) mass is 178 g/mol. The number of carbonyl (C=O) groups is 1. The average Bonchev–Trinajstić information content (AvgIpc) is 1.59. The third-order valence-corrected chi connectivity index (χ3v) is 0.243. The van der Waals surface area contributed by atoms with Gasteiger partial charge < -0.3 is 15.2 Å². The second-order valence-corrected chi connectivity index (χ2v) is 1.11. The summed E-state index contributed by atoms with van der Waals surface area (Å²) in [6.07, 6.45) is -5.08. The smallest absolute Gasteiger partial charge is 0.475 e. The molecule has 0 aromatic rings. The van der Waals surface area contributed by atoms with Crippen LogP contribution in [0.3, 0.4) is 0 Å². The van der Waals surface area contributed by atoms with Crippen LogP contribution in [-0.2, 0) is 4.79 Å². The Morgan fingerprint density at radius 1 is 1.27 bits per heavy atom. The zero-order valence-corrected chi connectivity index (χ0v) is 4.84. The van der Waals surface area contributed by atoms with Gasteiger partial charge in [0.1, 0.15) is 0 Å². The van der Waals surface area contributed by atoms with Crippen LogP contribution in [0.5, 0.6) is 0 Å². The molecule has 0 aliphatic carbocycles. The summed E-state index contributed by atoms with van der Waals surface area (Å²) >= 11 is 0. The van der Waals surface area contributed by atoms with E-state index in [2.05, 4.69) is 0 Å². The van der Waals surface area contributed by atoms with Gasteiger partial charge in [-0.05, 0) is 0 Å². The minimum atomic E-state index is -5.08. The van der Waals surface area contributed by atoms with Crippen LogP contribution >= 0.6 is 0 Å². The molecular formula is C2H3BF4O4. The van der Waals surface area contributed by atoms with Gasteiger partial charge in [0, 0.05) is 0 Å². The molecule has 0 saturated heterocycles. The van der Waals surface area contributed by atoms with Gasteiger partial charge >= 0.3 is 19.5 Å². The van der Waals surface area contributed by atoms with Crippen LogP contribution in [0, 0.1) is 0 Å². The van der Waals surface area contributed by atoms with E-state index in [1.54, 1.807) is 0 Å². The van der Waals surface area contributed by atoms with Gasteiger partial charge in [0.15, 0.2) is 0 Å². The van der Waals surface area contributed by atoms with Gasteiger partial charge in [-0.1, -0.05) is 0 Å². The molecule has 4 nitrogen and oxygen atoms in total. The molecule has 0 amide bonds. The SMILES string of the molecule is O=C(O)C(F)(F)F.OB(O)F. The van der Waals surface area contributed by atoms with Gasteiger partial charge in [0.05, 0.1) is 0 Å². The van der Waals surface area contributed by atoms with Crippen molar-refractivity contribution in [2.75, 3.05) is 0 Å². The summed E-state index contributed by atoms with van der Waals surface area (Å²) in [5, 5.41) is 21.0. The van der Waals surface area contributed by atoms with Crippen molar-refractivity contribution in [2.24, 2.45) is 0 Å². The summed E-state index contributed by atoms with van der Waals surface area (Å²) in [5.74, 6) is -2.76. The van der Waals surface area contributed by atoms with Crippen LogP contribution in [0.4, 0.5) is 17.5 Å². The predicted octanol–water partition coefficient (Wildman–Crippen LogP) is -0.441. The Bertz CT molecular complexity index is 119. The normalized spacial score (nSPS) is 9.64. The molecule has 3 N–H and O–H groups in total. The molecule has 9 heteroatoms. The van der Waals surface area contributed by atoms with Gasteiger partial charge in [-0.3, -0.25) is 4.32 Å². The van der Waals surface area contributed by atoms with Crippen molar-refractivity contribution in [3.8, 4) is 0 Å². The summed E-state index contributed by atoms with van der Waals surface area (Å²) in [6, 6.07) is 0. The van der Waals surface area contributed by atoms with E-state index in [0.717, 1.165) is 0 Å². The van der Waals surface area contributed by atoms with Crippen LogP contribution in [-0.4, -0.2) is 34.7 Å². The Morgan fingerprint density at radius 3 is 1.36 bits per heavy atom. The molecule has 0 spiro atoms. The minimum absolute atomic E-state index is 2.67. The highest BCUT2D eigenvalue weighted by Crippen LogP contribution is 2.13. The first-order valence-corrected chi connectivity index (χ1v) is 1.98. The number of aliphatic carboxylic acids is 1.